The fraction of sp³-hybridized carbons (Fsp3) is 0.467. The number of phenols is 1. The number of hydrogen-bond donors (Lipinski definition) is 2. The van der Waals surface area contributed by atoms with E-state index in [0.29, 0.717) is 0 Å². The van der Waals surface area contributed by atoms with Crippen LogP contribution in [0.2, 0.25) is 0 Å². The summed E-state index contributed by atoms with van der Waals surface area (Å²) in [5.74, 6) is -2.15. The van der Waals surface area contributed by atoms with E-state index < -0.39 is 39.7 Å². The highest BCUT2D eigenvalue weighted by Gasteiger charge is 2.35. The average Bonchev–Trinajstić information content (AvgIpc) is 2.43. The first kappa shape index (κ1) is 18.4. The topological polar surface area (TPSA) is 119 Å². The molecule has 8 nitrogen and oxygen atoms in total. The Hall–Kier alpha value is -2.64. The third-order valence-electron chi connectivity index (χ3n) is 3.12. The molecule has 1 rings (SSSR count). The lowest BCUT2D eigenvalue weighted by atomic mass is 9.86. The van der Waals surface area contributed by atoms with Gasteiger partial charge in [0, 0.05) is 6.07 Å². The van der Waals surface area contributed by atoms with Crippen molar-refractivity contribution in [3.05, 3.63) is 33.9 Å². The van der Waals surface area contributed by atoms with Crippen LogP contribution in [0.4, 0.5) is 5.69 Å². The molecule has 0 aliphatic carbocycles. The molecule has 0 radical (unpaired) electrons. The number of nitro benzene ring substituents is 1. The van der Waals surface area contributed by atoms with Gasteiger partial charge in [0.2, 0.25) is 5.75 Å². The van der Waals surface area contributed by atoms with Crippen molar-refractivity contribution in [1.82, 2.24) is 5.32 Å². The monoisotopic (exact) mass is 324 g/mol. The van der Waals surface area contributed by atoms with Gasteiger partial charge in [-0.15, -0.1) is 0 Å². The lowest BCUT2D eigenvalue weighted by molar-refractivity contribution is -0.385. The molecule has 0 fully saturated rings. The van der Waals surface area contributed by atoms with E-state index in [1.165, 1.54) is 12.1 Å². The van der Waals surface area contributed by atoms with Crippen molar-refractivity contribution >= 4 is 17.6 Å². The maximum Gasteiger partial charge on any atom is 0.329 e. The van der Waals surface area contributed by atoms with Gasteiger partial charge in [0.15, 0.2) is 0 Å². The summed E-state index contributed by atoms with van der Waals surface area (Å²) in [7, 11) is 0. The van der Waals surface area contributed by atoms with Crippen LogP contribution in [-0.4, -0.2) is 34.6 Å². The Morgan fingerprint density at radius 1 is 1.39 bits per heavy atom. The zero-order valence-corrected chi connectivity index (χ0v) is 13.5. The number of nitro groups is 1. The molecule has 126 valence electrons. The molecule has 1 amide bonds. The molecular weight excluding hydrogens is 304 g/mol. The van der Waals surface area contributed by atoms with Crippen LogP contribution in [-0.2, 0) is 9.53 Å². The number of carbonyl (C=O) groups is 2. The normalized spacial score (nSPS) is 12.3. The van der Waals surface area contributed by atoms with E-state index >= 15 is 0 Å². The van der Waals surface area contributed by atoms with Gasteiger partial charge in [-0.2, -0.15) is 0 Å². The SMILES string of the molecule is CCOC(=O)C(NC(=O)c1cccc([N+](=O)[O-])c1O)C(C)(C)C. The molecule has 0 saturated heterocycles. The van der Waals surface area contributed by atoms with E-state index in [9.17, 15) is 24.8 Å². The largest absolute Gasteiger partial charge is 0.502 e. The average molecular weight is 324 g/mol. The van der Waals surface area contributed by atoms with Crippen molar-refractivity contribution in [2.45, 2.75) is 33.7 Å². The zero-order valence-electron chi connectivity index (χ0n) is 13.5. The van der Waals surface area contributed by atoms with Crippen molar-refractivity contribution in [2.75, 3.05) is 6.61 Å². The number of rotatable bonds is 5. The van der Waals surface area contributed by atoms with E-state index in [1.54, 1.807) is 27.7 Å². The van der Waals surface area contributed by atoms with E-state index in [1.807, 2.05) is 0 Å². The summed E-state index contributed by atoms with van der Waals surface area (Å²) >= 11 is 0. The number of carbonyl (C=O) groups excluding carboxylic acids is 2. The third-order valence-corrected chi connectivity index (χ3v) is 3.12. The van der Waals surface area contributed by atoms with Crippen molar-refractivity contribution < 1.29 is 24.4 Å². The fourth-order valence-corrected chi connectivity index (χ4v) is 1.93. The second-order valence-corrected chi connectivity index (χ2v) is 5.95. The van der Waals surface area contributed by atoms with Gasteiger partial charge in [0.1, 0.15) is 6.04 Å². The van der Waals surface area contributed by atoms with Crippen molar-refractivity contribution in [2.24, 2.45) is 5.41 Å². The summed E-state index contributed by atoms with van der Waals surface area (Å²) in [6, 6.07) is 2.64. The Kier molecular flexibility index (Phi) is 5.67. The molecule has 1 atom stereocenters. The highest BCUT2D eigenvalue weighted by Crippen LogP contribution is 2.30. The van der Waals surface area contributed by atoms with Crippen molar-refractivity contribution in [1.29, 1.82) is 0 Å². The maximum absolute atomic E-state index is 12.3. The minimum atomic E-state index is -0.964. The summed E-state index contributed by atoms with van der Waals surface area (Å²) in [5.41, 5.74) is -1.50. The van der Waals surface area contributed by atoms with Crippen LogP contribution < -0.4 is 5.32 Å². The van der Waals surface area contributed by atoms with Crippen molar-refractivity contribution in [3.8, 4) is 5.75 Å². The molecule has 23 heavy (non-hydrogen) atoms. The molecule has 0 aliphatic rings. The Morgan fingerprint density at radius 3 is 2.48 bits per heavy atom. The summed E-state index contributed by atoms with van der Waals surface area (Å²) < 4.78 is 4.94. The van der Waals surface area contributed by atoms with Gasteiger partial charge in [0.25, 0.3) is 5.91 Å². The predicted molar refractivity (Wildman–Crippen MR) is 82.1 cm³/mol. The quantitative estimate of drug-likeness (QED) is 0.486. The number of esters is 1. The Labute approximate surface area is 133 Å². The summed E-state index contributed by atoms with van der Waals surface area (Å²) in [5, 5.41) is 23.1. The Morgan fingerprint density at radius 2 is 2.00 bits per heavy atom. The second-order valence-electron chi connectivity index (χ2n) is 5.95. The fourth-order valence-electron chi connectivity index (χ4n) is 1.93. The molecule has 0 aromatic heterocycles. The lowest BCUT2D eigenvalue weighted by Gasteiger charge is -2.29. The molecule has 1 aromatic carbocycles. The lowest BCUT2D eigenvalue weighted by Crippen LogP contribution is -2.49. The number of ether oxygens (including phenoxy) is 1. The smallest absolute Gasteiger partial charge is 0.329 e. The number of phenolic OH excluding ortho intramolecular Hbond substituents is 1. The molecule has 1 aromatic rings. The molecule has 0 aliphatic heterocycles. The highest BCUT2D eigenvalue weighted by atomic mass is 16.6. The van der Waals surface area contributed by atoms with Crippen LogP contribution in [0.15, 0.2) is 18.2 Å². The van der Waals surface area contributed by atoms with E-state index in [2.05, 4.69) is 5.32 Å². The van der Waals surface area contributed by atoms with Crippen LogP contribution in [0.25, 0.3) is 0 Å². The first-order valence-electron chi connectivity index (χ1n) is 7.03. The van der Waals surface area contributed by atoms with Crippen molar-refractivity contribution in [3.63, 3.8) is 0 Å². The van der Waals surface area contributed by atoms with Crippen LogP contribution in [0, 0.1) is 15.5 Å². The number of hydrogen-bond acceptors (Lipinski definition) is 6. The third kappa shape index (κ3) is 4.41. The van der Waals surface area contributed by atoms with Crippen LogP contribution in [0.3, 0.4) is 0 Å². The van der Waals surface area contributed by atoms with E-state index in [0.717, 1.165) is 6.07 Å². The summed E-state index contributed by atoms with van der Waals surface area (Å²) in [4.78, 5) is 34.3. The van der Waals surface area contributed by atoms with Crippen LogP contribution in [0.5, 0.6) is 5.75 Å². The number of nitrogens with zero attached hydrogens (tertiary/aromatic N) is 1. The van der Waals surface area contributed by atoms with Gasteiger partial charge in [-0.25, -0.2) is 4.79 Å². The minimum absolute atomic E-state index is 0.156. The van der Waals surface area contributed by atoms with Gasteiger partial charge in [-0.1, -0.05) is 26.8 Å². The van der Waals surface area contributed by atoms with Crippen LogP contribution in [0.1, 0.15) is 38.1 Å². The van der Waals surface area contributed by atoms with Crippen LogP contribution >= 0.6 is 0 Å². The molecule has 0 heterocycles. The van der Waals surface area contributed by atoms with Gasteiger partial charge >= 0.3 is 11.7 Å². The predicted octanol–water partition coefficient (Wildman–Crippen LogP) is 2.01. The Bertz CT molecular complexity index is 621. The van der Waals surface area contributed by atoms with Gasteiger partial charge < -0.3 is 15.2 Å². The van der Waals surface area contributed by atoms with Gasteiger partial charge in [-0.3, -0.25) is 14.9 Å². The molecule has 0 spiro atoms. The highest BCUT2D eigenvalue weighted by molar-refractivity contribution is 6.00. The summed E-state index contributed by atoms with van der Waals surface area (Å²) in [6.45, 7) is 7.02. The number of para-hydroxylation sites is 1. The molecule has 0 saturated carbocycles. The molecular formula is C15H20N2O6. The first-order chi connectivity index (χ1) is 10.6. The molecule has 1 unspecified atom stereocenters. The minimum Gasteiger partial charge on any atom is -0.502 e. The van der Waals surface area contributed by atoms with E-state index in [-0.39, 0.29) is 12.2 Å². The summed E-state index contributed by atoms with van der Waals surface area (Å²) in [6.07, 6.45) is 0. The Balaban J connectivity index is 3.12. The zero-order chi connectivity index (χ0) is 17.8. The first-order valence-corrected chi connectivity index (χ1v) is 7.03. The number of nitrogens with one attached hydrogen (secondary N) is 1. The number of amides is 1. The maximum atomic E-state index is 12.3. The molecule has 8 heteroatoms. The number of benzene rings is 1. The molecule has 0 bridgehead atoms. The van der Waals surface area contributed by atoms with E-state index in [4.69, 9.17) is 4.74 Å². The number of aromatic hydroxyl groups is 1. The standard InChI is InChI=1S/C15H20N2O6/c1-5-23-14(20)12(15(2,3)4)16-13(19)9-7-6-8-10(11(9)18)17(21)22/h6-8,12,18H,5H2,1-4H3,(H,16,19). The second kappa shape index (κ2) is 7.08. The van der Waals surface area contributed by atoms with Gasteiger partial charge in [0.05, 0.1) is 17.1 Å². The van der Waals surface area contributed by atoms with Gasteiger partial charge in [-0.05, 0) is 18.4 Å². The molecule has 2 N–H and O–H groups in total.